The van der Waals surface area contributed by atoms with Gasteiger partial charge in [-0.2, -0.15) is 0 Å². The molecule has 0 saturated carbocycles. The molecule has 0 bridgehead atoms. The molecule has 0 saturated heterocycles. The van der Waals surface area contributed by atoms with Gasteiger partial charge in [-0.3, -0.25) is 9.63 Å². The van der Waals surface area contributed by atoms with Crippen LogP contribution in [-0.2, 0) is 22.5 Å². The lowest BCUT2D eigenvalue weighted by molar-refractivity contribution is -0.0753. The second-order valence-electron chi connectivity index (χ2n) is 6.20. The Bertz CT molecular complexity index is 577. The Kier molecular flexibility index (Phi) is 4.77. The lowest BCUT2D eigenvalue weighted by Gasteiger charge is -2.29. The molecule has 122 valence electrons. The number of hydrogen-bond acceptors (Lipinski definition) is 5. The first-order chi connectivity index (χ1) is 10.2. The minimum absolute atomic E-state index is 0.175. The first-order valence-corrected chi connectivity index (χ1v) is 7.94. The maximum absolute atomic E-state index is 12.1. The number of carbonyl (C=O) groups is 2. The Morgan fingerprint density at radius 1 is 1.36 bits per heavy atom. The third kappa shape index (κ3) is 3.78. The highest BCUT2D eigenvalue weighted by molar-refractivity contribution is 7.14. The summed E-state index contributed by atoms with van der Waals surface area (Å²) in [6.45, 7) is 6.63. The van der Waals surface area contributed by atoms with Crippen LogP contribution in [0.2, 0.25) is 0 Å². The van der Waals surface area contributed by atoms with Crippen molar-refractivity contribution in [2.45, 2.75) is 39.3 Å². The maximum atomic E-state index is 12.1. The van der Waals surface area contributed by atoms with E-state index in [1.807, 2.05) is 26.8 Å². The molecule has 0 atom stereocenters. The van der Waals surface area contributed by atoms with E-state index in [1.165, 1.54) is 23.5 Å². The van der Waals surface area contributed by atoms with Gasteiger partial charge < -0.3 is 9.64 Å². The second-order valence-corrected chi connectivity index (χ2v) is 7.33. The molecule has 0 aromatic carbocycles. The normalized spacial score (nSPS) is 14.5. The Morgan fingerprint density at radius 2 is 2.05 bits per heavy atom. The molecule has 1 aromatic rings. The van der Waals surface area contributed by atoms with Crippen molar-refractivity contribution in [3.05, 3.63) is 21.4 Å². The van der Waals surface area contributed by atoms with Gasteiger partial charge in [0.05, 0.1) is 18.5 Å². The first-order valence-electron chi connectivity index (χ1n) is 7.13. The summed E-state index contributed by atoms with van der Waals surface area (Å²) >= 11 is 1.46. The number of ether oxygens (including phenoxy) is 1. The van der Waals surface area contributed by atoms with Crippen molar-refractivity contribution < 1.29 is 19.2 Å². The molecule has 0 spiro atoms. The van der Waals surface area contributed by atoms with Crippen LogP contribution in [-0.4, -0.2) is 48.3 Å². The molecule has 7 heteroatoms. The fourth-order valence-corrected chi connectivity index (χ4v) is 3.29. The van der Waals surface area contributed by atoms with E-state index in [0.717, 1.165) is 16.9 Å². The van der Waals surface area contributed by atoms with Crippen LogP contribution in [0.5, 0.6) is 0 Å². The van der Waals surface area contributed by atoms with E-state index in [4.69, 9.17) is 9.57 Å². The lowest BCUT2D eigenvalue weighted by atomic mass is 10.1. The summed E-state index contributed by atoms with van der Waals surface area (Å²) < 4.78 is 5.40. The van der Waals surface area contributed by atoms with Crippen LogP contribution in [0.4, 0.5) is 4.79 Å². The average molecular weight is 326 g/mol. The van der Waals surface area contributed by atoms with E-state index in [9.17, 15) is 9.59 Å². The molecular formula is C15H22N2O4S. The number of amides is 2. The fraction of sp³-hybridized carbons (Fsp3) is 0.600. The number of thiophene rings is 1. The first kappa shape index (κ1) is 16.8. The zero-order valence-corrected chi connectivity index (χ0v) is 14.5. The van der Waals surface area contributed by atoms with E-state index in [1.54, 1.807) is 11.9 Å². The zero-order valence-electron chi connectivity index (χ0n) is 13.6. The zero-order chi connectivity index (χ0) is 16.5. The van der Waals surface area contributed by atoms with Crippen LogP contribution < -0.4 is 0 Å². The number of rotatable bonds is 2. The van der Waals surface area contributed by atoms with Gasteiger partial charge in [0.2, 0.25) is 0 Å². The highest BCUT2D eigenvalue weighted by atomic mass is 32.1. The third-order valence-corrected chi connectivity index (χ3v) is 4.51. The molecule has 22 heavy (non-hydrogen) atoms. The third-order valence-electron chi connectivity index (χ3n) is 3.29. The number of fused-ring (bicyclic) bond motifs is 1. The molecule has 1 aliphatic heterocycles. The van der Waals surface area contributed by atoms with Gasteiger partial charge in [-0.1, -0.05) is 0 Å². The van der Waals surface area contributed by atoms with Crippen LogP contribution in [0.15, 0.2) is 6.07 Å². The minimum atomic E-state index is -0.506. The van der Waals surface area contributed by atoms with E-state index in [-0.39, 0.29) is 12.0 Å². The molecule has 1 aliphatic rings. The Morgan fingerprint density at radius 3 is 2.64 bits per heavy atom. The maximum Gasteiger partial charge on any atom is 0.410 e. The second kappa shape index (κ2) is 6.26. The number of hydroxylamine groups is 2. The van der Waals surface area contributed by atoms with E-state index in [0.29, 0.717) is 18.0 Å². The molecule has 6 nitrogen and oxygen atoms in total. The summed E-state index contributed by atoms with van der Waals surface area (Å²) in [4.78, 5) is 32.6. The smallest absolute Gasteiger partial charge is 0.410 e. The Hall–Kier alpha value is -1.60. The molecular weight excluding hydrogens is 304 g/mol. The molecule has 2 amide bonds. The molecule has 0 unspecified atom stereocenters. The Balaban J connectivity index is 2.10. The predicted octanol–water partition coefficient (Wildman–Crippen LogP) is 2.67. The van der Waals surface area contributed by atoms with Gasteiger partial charge in [0.25, 0.3) is 5.91 Å². The van der Waals surface area contributed by atoms with E-state index in [2.05, 4.69) is 0 Å². The quantitative estimate of drug-likeness (QED) is 0.784. The molecule has 0 fully saturated rings. The largest absolute Gasteiger partial charge is 0.444 e. The molecule has 0 N–H and O–H groups in total. The summed E-state index contributed by atoms with van der Waals surface area (Å²) in [5.74, 6) is -0.175. The predicted molar refractivity (Wildman–Crippen MR) is 83.8 cm³/mol. The van der Waals surface area contributed by atoms with Crippen LogP contribution >= 0.6 is 11.3 Å². The van der Waals surface area contributed by atoms with E-state index >= 15 is 0 Å². The van der Waals surface area contributed by atoms with Gasteiger partial charge in [-0.05, 0) is 38.8 Å². The van der Waals surface area contributed by atoms with Crippen molar-refractivity contribution in [1.29, 1.82) is 0 Å². The van der Waals surface area contributed by atoms with Crippen molar-refractivity contribution in [2.75, 3.05) is 20.7 Å². The molecule has 0 aliphatic carbocycles. The lowest BCUT2D eigenvalue weighted by Crippen LogP contribution is -2.39. The van der Waals surface area contributed by atoms with Crippen LogP contribution in [0.3, 0.4) is 0 Å². The summed E-state index contributed by atoms with van der Waals surface area (Å²) in [5, 5.41) is 1.20. The molecule has 2 rings (SSSR count). The molecule has 0 radical (unpaired) electrons. The van der Waals surface area contributed by atoms with Gasteiger partial charge in [0.1, 0.15) is 5.60 Å². The monoisotopic (exact) mass is 326 g/mol. The number of carbonyl (C=O) groups excluding carboxylic acids is 2. The summed E-state index contributed by atoms with van der Waals surface area (Å²) in [7, 11) is 3.03. The van der Waals surface area contributed by atoms with Gasteiger partial charge in [0, 0.05) is 18.5 Å². The minimum Gasteiger partial charge on any atom is -0.444 e. The highest BCUT2D eigenvalue weighted by Gasteiger charge is 2.28. The molecule has 2 heterocycles. The van der Waals surface area contributed by atoms with Crippen LogP contribution in [0.1, 0.15) is 40.9 Å². The van der Waals surface area contributed by atoms with E-state index < -0.39 is 5.60 Å². The standard InChI is InChI=1S/C15H22N2O4S/c1-15(2,3)21-14(19)17-7-6-11-10(9-17)8-12(22-11)13(18)16(4)20-5/h8H,6-7,9H2,1-5H3. The van der Waals surface area contributed by atoms with Gasteiger partial charge in [0.15, 0.2) is 0 Å². The van der Waals surface area contributed by atoms with Crippen molar-refractivity contribution in [3.63, 3.8) is 0 Å². The topological polar surface area (TPSA) is 59.1 Å². The SMILES string of the molecule is CON(C)C(=O)c1cc2c(s1)CCN(C(=O)OC(C)(C)C)C2. The van der Waals surface area contributed by atoms with Crippen molar-refractivity contribution in [1.82, 2.24) is 9.96 Å². The van der Waals surface area contributed by atoms with Crippen LogP contribution in [0.25, 0.3) is 0 Å². The van der Waals surface area contributed by atoms with Gasteiger partial charge in [-0.15, -0.1) is 11.3 Å². The number of nitrogens with zero attached hydrogens (tertiary/aromatic N) is 2. The highest BCUT2D eigenvalue weighted by Crippen LogP contribution is 2.29. The van der Waals surface area contributed by atoms with Crippen molar-refractivity contribution >= 4 is 23.3 Å². The van der Waals surface area contributed by atoms with Crippen molar-refractivity contribution in [2.24, 2.45) is 0 Å². The summed E-state index contributed by atoms with van der Waals surface area (Å²) in [5.41, 5.74) is 0.504. The number of hydrogen-bond donors (Lipinski definition) is 0. The van der Waals surface area contributed by atoms with Gasteiger partial charge >= 0.3 is 6.09 Å². The summed E-state index contributed by atoms with van der Waals surface area (Å²) in [6.07, 6.45) is 0.426. The Labute approximate surface area is 134 Å². The average Bonchev–Trinajstić information content (AvgIpc) is 2.86. The molecule has 1 aromatic heterocycles. The van der Waals surface area contributed by atoms with Crippen LogP contribution in [0, 0.1) is 0 Å². The van der Waals surface area contributed by atoms with Gasteiger partial charge in [-0.25, -0.2) is 9.86 Å². The van der Waals surface area contributed by atoms with Crippen molar-refractivity contribution in [3.8, 4) is 0 Å². The summed E-state index contributed by atoms with van der Waals surface area (Å²) in [6, 6.07) is 1.84. The fourth-order valence-electron chi connectivity index (χ4n) is 2.16.